The van der Waals surface area contributed by atoms with Crippen LogP contribution < -0.4 is 5.73 Å². The fraction of sp³-hybridized carbons (Fsp3) is 1.00. The zero-order valence-electron chi connectivity index (χ0n) is 8.46. The van der Waals surface area contributed by atoms with E-state index >= 15 is 0 Å². The number of ether oxygens (including phenoxy) is 2. The van der Waals surface area contributed by atoms with Crippen LogP contribution in [0.3, 0.4) is 0 Å². The molecule has 0 atom stereocenters. The van der Waals surface area contributed by atoms with E-state index in [0.29, 0.717) is 13.2 Å². The van der Waals surface area contributed by atoms with E-state index in [9.17, 15) is 0 Å². The molecule has 0 heterocycles. The third kappa shape index (κ3) is 9.84. The van der Waals surface area contributed by atoms with E-state index < -0.39 is 5.79 Å². The van der Waals surface area contributed by atoms with Crippen LogP contribution in [0.15, 0.2) is 0 Å². The summed E-state index contributed by atoms with van der Waals surface area (Å²) in [5.74, 6) is -0.463. The Labute approximate surface area is 74.7 Å². The molecule has 4 nitrogen and oxygen atoms in total. The number of rotatable bonds is 5. The number of hydrogen-bond acceptors (Lipinski definition) is 4. The van der Waals surface area contributed by atoms with Gasteiger partial charge < -0.3 is 20.3 Å². The number of aliphatic hydroxyl groups excluding tert-OH is 1. The molecule has 4 heteroatoms. The van der Waals surface area contributed by atoms with Crippen molar-refractivity contribution in [3.05, 3.63) is 0 Å². The predicted molar refractivity (Wildman–Crippen MR) is 48.9 cm³/mol. The van der Waals surface area contributed by atoms with Crippen LogP contribution in [0.25, 0.3) is 0 Å². The second-order valence-electron chi connectivity index (χ2n) is 2.59. The molecule has 0 fully saturated rings. The third-order valence-electron chi connectivity index (χ3n) is 1.29. The normalized spacial score (nSPS) is 10.5. The predicted octanol–water partition coefficient (Wildman–Crippen LogP) is 0.343. The van der Waals surface area contributed by atoms with Crippen molar-refractivity contribution in [2.45, 2.75) is 26.1 Å². The molecule has 0 aromatic rings. The van der Waals surface area contributed by atoms with Crippen LogP contribution in [0.4, 0.5) is 0 Å². The highest BCUT2D eigenvalue weighted by atomic mass is 16.7. The Morgan fingerprint density at radius 1 is 1.33 bits per heavy atom. The maximum Gasteiger partial charge on any atom is 0.162 e. The molecular weight excluding hydrogens is 158 g/mol. The maximum absolute atomic E-state index is 7.00. The molecule has 0 bridgehead atoms. The van der Waals surface area contributed by atoms with Crippen molar-refractivity contribution in [3.8, 4) is 0 Å². The average Bonchev–Trinajstić information content (AvgIpc) is 2.09. The molecule has 0 aromatic carbocycles. The van der Waals surface area contributed by atoms with Gasteiger partial charge >= 0.3 is 0 Å². The first-order valence-corrected chi connectivity index (χ1v) is 3.96. The zero-order chi connectivity index (χ0) is 10.0. The van der Waals surface area contributed by atoms with Gasteiger partial charge in [-0.1, -0.05) is 0 Å². The van der Waals surface area contributed by atoms with Crippen LogP contribution in [0, 0.1) is 0 Å². The lowest BCUT2D eigenvalue weighted by molar-refractivity contribution is -0.197. The Bertz CT molecular complexity index is 86.4. The number of aliphatic hydroxyl groups is 1. The Morgan fingerprint density at radius 2 is 1.83 bits per heavy atom. The van der Waals surface area contributed by atoms with Gasteiger partial charge in [-0.25, -0.2) is 0 Å². The molecule has 12 heavy (non-hydrogen) atoms. The van der Waals surface area contributed by atoms with Crippen LogP contribution in [0.1, 0.15) is 20.3 Å². The third-order valence-corrected chi connectivity index (χ3v) is 1.29. The van der Waals surface area contributed by atoms with Gasteiger partial charge in [0.1, 0.15) is 0 Å². The lowest BCUT2D eigenvalue weighted by Crippen LogP contribution is -2.27. The van der Waals surface area contributed by atoms with E-state index in [1.807, 2.05) is 13.8 Å². The largest absolute Gasteiger partial charge is 0.400 e. The Morgan fingerprint density at radius 3 is 2.17 bits per heavy atom. The molecule has 0 aliphatic heterocycles. The number of nitrogens with two attached hydrogens (primary N) is 1. The molecule has 0 saturated heterocycles. The molecule has 0 unspecified atom stereocenters. The van der Waals surface area contributed by atoms with E-state index in [-0.39, 0.29) is 0 Å². The van der Waals surface area contributed by atoms with Crippen molar-refractivity contribution in [1.29, 1.82) is 0 Å². The molecule has 0 rings (SSSR count). The van der Waals surface area contributed by atoms with Crippen LogP contribution >= 0.6 is 0 Å². The number of methoxy groups -OCH3 is 1. The SMILES string of the molecule is CO.COC(C)(C)OCCCN. The number of hydrogen-bond donors (Lipinski definition) is 2. The van der Waals surface area contributed by atoms with Gasteiger partial charge in [-0.15, -0.1) is 0 Å². The Balaban J connectivity index is 0. The standard InChI is InChI=1S/C7H17NO2.CH4O/c1-7(2,9-3)10-6-4-5-8;1-2/h4-6,8H2,1-3H3;2H,1H3. The van der Waals surface area contributed by atoms with Gasteiger partial charge in [-0.05, 0) is 26.8 Å². The average molecular weight is 179 g/mol. The second kappa shape index (κ2) is 8.93. The molecule has 0 aliphatic rings. The maximum atomic E-state index is 7.00. The van der Waals surface area contributed by atoms with E-state index in [2.05, 4.69) is 0 Å². The summed E-state index contributed by atoms with van der Waals surface area (Å²) in [5, 5.41) is 7.00. The summed E-state index contributed by atoms with van der Waals surface area (Å²) in [6, 6.07) is 0. The summed E-state index contributed by atoms with van der Waals surface area (Å²) in [6.45, 7) is 5.09. The van der Waals surface area contributed by atoms with Crippen molar-refractivity contribution in [3.63, 3.8) is 0 Å². The molecular formula is C8H21NO3. The molecule has 0 aromatic heterocycles. The zero-order valence-corrected chi connectivity index (χ0v) is 8.46. The van der Waals surface area contributed by atoms with Crippen molar-refractivity contribution in [2.75, 3.05) is 27.4 Å². The summed E-state index contributed by atoms with van der Waals surface area (Å²) < 4.78 is 10.3. The molecule has 3 N–H and O–H groups in total. The lowest BCUT2D eigenvalue weighted by atomic mass is 10.4. The van der Waals surface area contributed by atoms with Crippen LogP contribution in [-0.4, -0.2) is 38.3 Å². The second-order valence-corrected chi connectivity index (χ2v) is 2.59. The van der Waals surface area contributed by atoms with Crippen molar-refractivity contribution < 1.29 is 14.6 Å². The van der Waals surface area contributed by atoms with E-state index in [0.717, 1.165) is 13.5 Å². The van der Waals surface area contributed by atoms with Crippen LogP contribution in [-0.2, 0) is 9.47 Å². The van der Waals surface area contributed by atoms with E-state index in [1.54, 1.807) is 7.11 Å². The van der Waals surface area contributed by atoms with Gasteiger partial charge in [-0.3, -0.25) is 0 Å². The van der Waals surface area contributed by atoms with Gasteiger partial charge in [0.2, 0.25) is 0 Å². The molecule has 76 valence electrons. The summed E-state index contributed by atoms with van der Waals surface area (Å²) in [4.78, 5) is 0. The first-order chi connectivity index (χ1) is 5.62. The van der Waals surface area contributed by atoms with Crippen LogP contribution in [0.2, 0.25) is 0 Å². The minimum absolute atomic E-state index is 0.463. The monoisotopic (exact) mass is 179 g/mol. The minimum atomic E-state index is -0.463. The van der Waals surface area contributed by atoms with Crippen molar-refractivity contribution in [1.82, 2.24) is 0 Å². The molecule has 0 spiro atoms. The molecule has 0 aliphatic carbocycles. The highest BCUT2D eigenvalue weighted by Gasteiger charge is 2.14. The van der Waals surface area contributed by atoms with E-state index in [1.165, 1.54) is 0 Å². The molecule has 0 amide bonds. The van der Waals surface area contributed by atoms with E-state index in [4.69, 9.17) is 20.3 Å². The fourth-order valence-electron chi connectivity index (χ4n) is 0.460. The first-order valence-electron chi connectivity index (χ1n) is 3.96. The minimum Gasteiger partial charge on any atom is -0.400 e. The summed E-state index contributed by atoms with van der Waals surface area (Å²) in [6.07, 6.45) is 0.882. The van der Waals surface area contributed by atoms with Gasteiger partial charge in [0.25, 0.3) is 0 Å². The van der Waals surface area contributed by atoms with Crippen LogP contribution in [0.5, 0.6) is 0 Å². The summed E-state index contributed by atoms with van der Waals surface area (Å²) >= 11 is 0. The topological polar surface area (TPSA) is 64.7 Å². The fourth-order valence-corrected chi connectivity index (χ4v) is 0.460. The highest BCUT2D eigenvalue weighted by Crippen LogP contribution is 2.08. The summed E-state index contributed by atoms with van der Waals surface area (Å²) in [7, 11) is 2.63. The Kier molecular flexibility index (Phi) is 10.7. The van der Waals surface area contributed by atoms with Gasteiger partial charge in [0.05, 0.1) is 6.61 Å². The van der Waals surface area contributed by atoms with Gasteiger partial charge in [-0.2, -0.15) is 0 Å². The molecule has 0 saturated carbocycles. The first kappa shape index (κ1) is 14.4. The highest BCUT2D eigenvalue weighted by molar-refractivity contribution is 4.51. The quantitative estimate of drug-likeness (QED) is 0.472. The van der Waals surface area contributed by atoms with Gasteiger partial charge in [0, 0.05) is 14.2 Å². The van der Waals surface area contributed by atoms with Crippen molar-refractivity contribution in [2.24, 2.45) is 5.73 Å². The summed E-state index contributed by atoms with van der Waals surface area (Å²) in [5.41, 5.74) is 5.28. The van der Waals surface area contributed by atoms with Gasteiger partial charge in [0.15, 0.2) is 5.79 Å². The lowest BCUT2D eigenvalue weighted by Gasteiger charge is -2.22. The molecule has 0 radical (unpaired) electrons. The van der Waals surface area contributed by atoms with Crippen molar-refractivity contribution >= 4 is 0 Å². The Hall–Kier alpha value is -0.160. The smallest absolute Gasteiger partial charge is 0.162 e.